The Morgan fingerprint density at radius 2 is 1.83 bits per heavy atom. The van der Waals surface area contributed by atoms with Crippen LogP contribution in [0.3, 0.4) is 0 Å². The van der Waals surface area contributed by atoms with Gasteiger partial charge in [-0.05, 0) is 57.2 Å². The molecule has 2 heterocycles. The molecule has 3 nitrogen and oxygen atoms in total. The second-order valence-corrected chi connectivity index (χ2v) is 8.09. The number of nitrogens with zero attached hydrogens (tertiary/aromatic N) is 2. The third kappa shape index (κ3) is 4.38. The molecule has 1 aliphatic carbocycles. The van der Waals surface area contributed by atoms with Gasteiger partial charge in [0.15, 0.2) is 0 Å². The summed E-state index contributed by atoms with van der Waals surface area (Å²) in [6.45, 7) is 6.17. The van der Waals surface area contributed by atoms with E-state index in [2.05, 4.69) is 45.4 Å². The molecule has 0 spiro atoms. The van der Waals surface area contributed by atoms with Gasteiger partial charge in [0.05, 0.1) is 0 Å². The lowest BCUT2D eigenvalue weighted by Gasteiger charge is -2.41. The number of rotatable bonds is 6. The molecule has 3 aliphatic rings. The summed E-state index contributed by atoms with van der Waals surface area (Å²) in [5.41, 5.74) is 1.46. The van der Waals surface area contributed by atoms with E-state index in [1.54, 1.807) is 0 Å². The first-order valence-electron chi connectivity index (χ1n) is 10.1. The van der Waals surface area contributed by atoms with Crippen molar-refractivity contribution in [3.63, 3.8) is 0 Å². The predicted octanol–water partition coefficient (Wildman–Crippen LogP) is 3.26. The largest absolute Gasteiger partial charge is 0.313 e. The molecule has 1 saturated carbocycles. The summed E-state index contributed by atoms with van der Waals surface area (Å²) < 4.78 is 0. The van der Waals surface area contributed by atoms with Crippen LogP contribution in [0.4, 0.5) is 0 Å². The third-order valence-corrected chi connectivity index (χ3v) is 6.06. The van der Waals surface area contributed by atoms with E-state index >= 15 is 0 Å². The molecule has 0 radical (unpaired) electrons. The molecule has 24 heavy (non-hydrogen) atoms. The first kappa shape index (κ1) is 16.6. The highest BCUT2D eigenvalue weighted by atomic mass is 15.3. The van der Waals surface area contributed by atoms with Crippen molar-refractivity contribution >= 4 is 0 Å². The molecule has 0 amide bonds. The van der Waals surface area contributed by atoms with Gasteiger partial charge >= 0.3 is 0 Å². The smallest absolute Gasteiger partial charge is 0.0234 e. The zero-order chi connectivity index (χ0) is 16.2. The van der Waals surface area contributed by atoms with E-state index in [1.165, 1.54) is 76.7 Å². The van der Waals surface area contributed by atoms with E-state index in [1.807, 2.05) is 0 Å². The molecule has 3 fully saturated rings. The van der Waals surface area contributed by atoms with E-state index in [4.69, 9.17) is 0 Å². The van der Waals surface area contributed by atoms with E-state index in [-0.39, 0.29) is 0 Å². The molecule has 0 bridgehead atoms. The molecule has 2 saturated heterocycles. The number of nitrogens with one attached hydrogen (secondary N) is 1. The van der Waals surface area contributed by atoms with Gasteiger partial charge in [0.2, 0.25) is 0 Å². The van der Waals surface area contributed by atoms with Gasteiger partial charge in [0, 0.05) is 37.8 Å². The van der Waals surface area contributed by atoms with E-state index < -0.39 is 0 Å². The minimum atomic E-state index is 0.740. The first-order chi connectivity index (χ1) is 11.9. The van der Waals surface area contributed by atoms with Crippen LogP contribution in [0.1, 0.15) is 50.5 Å². The normalized spacial score (nSPS) is 29.0. The molecule has 2 atom stereocenters. The van der Waals surface area contributed by atoms with Gasteiger partial charge in [0.25, 0.3) is 0 Å². The van der Waals surface area contributed by atoms with Crippen LogP contribution in [0.5, 0.6) is 0 Å². The van der Waals surface area contributed by atoms with Crippen molar-refractivity contribution in [2.24, 2.45) is 0 Å². The van der Waals surface area contributed by atoms with Crippen LogP contribution in [-0.4, -0.2) is 54.1 Å². The zero-order valence-electron chi connectivity index (χ0n) is 15.0. The van der Waals surface area contributed by atoms with Crippen LogP contribution >= 0.6 is 0 Å². The highest BCUT2D eigenvalue weighted by Crippen LogP contribution is 2.32. The lowest BCUT2D eigenvalue weighted by Crippen LogP contribution is -2.53. The second kappa shape index (κ2) is 7.99. The fourth-order valence-electron chi connectivity index (χ4n) is 4.62. The fourth-order valence-corrected chi connectivity index (χ4v) is 4.62. The summed E-state index contributed by atoms with van der Waals surface area (Å²) in [5, 5.41) is 3.77. The fraction of sp³-hybridized carbons (Fsp3) is 0.714. The molecule has 0 aromatic heterocycles. The minimum Gasteiger partial charge on any atom is -0.313 e. The highest BCUT2D eigenvalue weighted by Gasteiger charge is 2.37. The summed E-state index contributed by atoms with van der Waals surface area (Å²) in [6.07, 6.45) is 9.79. The van der Waals surface area contributed by atoms with Gasteiger partial charge in [-0.15, -0.1) is 0 Å². The van der Waals surface area contributed by atoms with Crippen molar-refractivity contribution < 1.29 is 0 Å². The molecule has 4 rings (SSSR count). The van der Waals surface area contributed by atoms with Crippen LogP contribution < -0.4 is 5.32 Å². The Bertz CT molecular complexity index is 493. The number of hydrogen-bond acceptors (Lipinski definition) is 3. The highest BCUT2D eigenvalue weighted by molar-refractivity contribution is 5.14. The number of likely N-dealkylation sites (tertiary alicyclic amines) is 1. The standard InChI is InChI=1S/C21H33N3/c1-2-7-18(8-3-1)15-23-14-6-10-21(17-23)24(20-11-12-20)16-19-9-4-5-13-22-19/h1-3,7-8,19-22H,4-6,9-17H2. The van der Waals surface area contributed by atoms with E-state index in [0.29, 0.717) is 0 Å². The van der Waals surface area contributed by atoms with Crippen molar-refractivity contribution in [1.29, 1.82) is 0 Å². The monoisotopic (exact) mass is 327 g/mol. The molecule has 3 heteroatoms. The van der Waals surface area contributed by atoms with Crippen LogP contribution in [0.25, 0.3) is 0 Å². The zero-order valence-corrected chi connectivity index (χ0v) is 15.0. The van der Waals surface area contributed by atoms with Gasteiger partial charge in [-0.3, -0.25) is 9.80 Å². The maximum atomic E-state index is 3.77. The Balaban J connectivity index is 1.35. The first-order valence-corrected chi connectivity index (χ1v) is 10.1. The number of hydrogen-bond donors (Lipinski definition) is 1. The van der Waals surface area contributed by atoms with Crippen molar-refractivity contribution in [1.82, 2.24) is 15.1 Å². The van der Waals surface area contributed by atoms with Crippen molar-refractivity contribution in [3.05, 3.63) is 35.9 Å². The van der Waals surface area contributed by atoms with Gasteiger partial charge < -0.3 is 5.32 Å². The Kier molecular flexibility index (Phi) is 5.51. The molecule has 132 valence electrons. The quantitative estimate of drug-likeness (QED) is 0.865. The Hall–Kier alpha value is -0.900. The molecular formula is C21H33N3. The van der Waals surface area contributed by atoms with Gasteiger partial charge in [0.1, 0.15) is 0 Å². The summed E-state index contributed by atoms with van der Waals surface area (Å²) in [7, 11) is 0. The third-order valence-electron chi connectivity index (χ3n) is 6.06. The van der Waals surface area contributed by atoms with E-state index in [0.717, 1.165) is 24.7 Å². The van der Waals surface area contributed by atoms with Gasteiger partial charge in [-0.1, -0.05) is 36.8 Å². The lowest BCUT2D eigenvalue weighted by atomic mass is 9.99. The van der Waals surface area contributed by atoms with Crippen LogP contribution in [0, 0.1) is 0 Å². The second-order valence-electron chi connectivity index (χ2n) is 8.09. The maximum absolute atomic E-state index is 3.77. The number of benzene rings is 1. The average molecular weight is 328 g/mol. The lowest BCUT2D eigenvalue weighted by molar-refractivity contribution is 0.0765. The van der Waals surface area contributed by atoms with Crippen molar-refractivity contribution in [2.75, 3.05) is 26.2 Å². The van der Waals surface area contributed by atoms with Crippen molar-refractivity contribution in [3.8, 4) is 0 Å². The molecule has 2 aliphatic heterocycles. The van der Waals surface area contributed by atoms with Gasteiger partial charge in [-0.25, -0.2) is 0 Å². The maximum Gasteiger partial charge on any atom is 0.0234 e. The molecular weight excluding hydrogens is 294 g/mol. The Morgan fingerprint density at radius 3 is 2.58 bits per heavy atom. The Labute approximate surface area is 147 Å². The SMILES string of the molecule is c1ccc(CN2CCCC(N(CC3CCCCN3)C3CC3)C2)cc1. The molecule has 1 aromatic carbocycles. The van der Waals surface area contributed by atoms with E-state index in [9.17, 15) is 0 Å². The predicted molar refractivity (Wildman–Crippen MR) is 100 cm³/mol. The van der Waals surface area contributed by atoms with Crippen LogP contribution in [0.2, 0.25) is 0 Å². The summed E-state index contributed by atoms with van der Waals surface area (Å²) in [6, 6.07) is 13.4. The van der Waals surface area contributed by atoms with Crippen LogP contribution in [-0.2, 0) is 6.54 Å². The summed E-state index contributed by atoms with van der Waals surface area (Å²) >= 11 is 0. The molecule has 2 unspecified atom stereocenters. The van der Waals surface area contributed by atoms with Gasteiger partial charge in [-0.2, -0.15) is 0 Å². The van der Waals surface area contributed by atoms with Crippen molar-refractivity contribution in [2.45, 2.75) is 69.6 Å². The van der Waals surface area contributed by atoms with Crippen LogP contribution in [0.15, 0.2) is 30.3 Å². The average Bonchev–Trinajstić information content (AvgIpc) is 3.47. The summed E-state index contributed by atoms with van der Waals surface area (Å²) in [5.74, 6) is 0. The Morgan fingerprint density at radius 1 is 0.958 bits per heavy atom. The molecule has 1 N–H and O–H groups in total. The topological polar surface area (TPSA) is 18.5 Å². The molecule has 1 aromatic rings. The minimum absolute atomic E-state index is 0.740. The number of piperidine rings is 2. The summed E-state index contributed by atoms with van der Waals surface area (Å²) in [4.78, 5) is 5.58.